The average Bonchev–Trinajstić information content (AvgIpc) is 3.08. The molecule has 1 aromatic carbocycles. The zero-order valence-corrected chi connectivity index (χ0v) is 12.2. The van der Waals surface area contributed by atoms with Crippen molar-refractivity contribution in [3.8, 4) is 5.75 Å². The van der Waals surface area contributed by atoms with Crippen LogP contribution in [0.3, 0.4) is 0 Å². The highest BCUT2D eigenvalue weighted by molar-refractivity contribution is 5.96. The topological polar surface area (TPSA) is 84.9 Å². The molecule has 2 fully saturated rings. The first-order chi connectivity index (χ1) is 11.2. The highest BCUT2D eigenvalue weighted by Gasteiger charge is 2.55. The van der Waals surface area contributed by atoms with Crippen LogP contribution < -0.4 is 10.1 Å². The Kier molecular flexibility index (Phi) is 4.12. The van der Waals surface area contributed by atoms with E-state index in [1.165, 1.54) is 12.1 Å². The standard InChI is InChI=1S/C15H14F3NO5/c16-15(17,18)24-8-3-1-7(2-4-8)19-13(20)11-9-5-6-10(23-9)12(11)14(21)22/h1-4,9-12H,5-6H2,(H,19,20)(H,21,22)/t9-,10-,11-,12+/m1/s1. The Morgan fingerprint density at radius 1 is 1.12 bits per heavy atom. The molecule has 9 heteroatoms. The number of hydrogen-bond donors (Lipinski definition) is 2. The number of anilines is 1. The number of ether oxygens (including phenoxy) is 2. The van der Waals surface area contributed by atoms with Crippen molar-refractivity contribution in [2.75, 3.05) is 5.32 Å². The first-order valence-electron chi connectivity index (χ1n) is 7.29. The number of alkyl halides is 3. The number of aliphatic carboxylic acids is 1. The summed E-state index contributed by atoms with van der Waals surface area (Å²) in [5, 5.41) is 11.8. The maximum Gasteiger partial charge on any atom is 0.573 e. The number of hydrogen-bond acceptors (Lipinski definition) is 4. The maximum atomic E-state index is 12.4. The Labute approximate surface area is 134 Å². The van der Waals surface area contributed by atoms with Gasteiger partial charge in [0, 0.05) is 5.69 Å². The molecule has 2 N–H and O–H groups in total. The van der Waals surface area contributed by atoms with E-state index in [-0.39, 0.29) is 5.69 Å². The van der Waals surface area contributed by atoms with Gasteiger partial charge in [-0.15, -0.1) is 13.2 Å². The molecule has 0 aliphatic carbocycles. The second kappa shape index (κ2) is 5.97. The highest BCUT2D eigenvalue weighted by atomic mass is 19.4. The van der Waals surface area contributed by atoms with Gasteiger partial charge >= 0.3 is 12.3 Å². The molecule has 3 rings (SSSR count). The number of halogens is 3. The number of carboxylic acid groups (broad SMARTS) is 1. The lowest BCUT2D eigenvalue weighted by atomic mass is 9.78. The Morgan fingerprint density at radius 3 is 2.25 bits per heavy atom. The normalized spacial score (nSPS) is 28.6. The van der Waals surface area contributed by atoms with Crippen LogP contribution in [0, 0.1) is 11.8 Å². The van der Waals surface area contributed by atoms with Crippen LogP contribution in [-0.4, -0.2) is 35.6 Å². The second-order valence-electron chi connectivity index (χ2n) is 5.74. The van der Waals surface area contributed by atoms with Crippen molar-refractivity contribution >= 4 is 17.6 Å². The van der Waals surface area contributed by atoms with E-state index in [1.54, 1.807) is 0 Å². The smallest absolute Gasteiger partial charge is 0.481 e. The van der Waals surface area contributed by atoms with E-state index in [1.807, 2.05) is 0 Å². The average molecular weight is 345 g/mol. The maximum absolute atomic E-state index is 12.4. The third-order valence-corrected chi connectivity index (χ3v) is 4.22. The van der Waals surface area contributed by atoms with Gasteiger partial charge in [-0.1, -0.05) is 0 Å². The number of amides is 1. The fraction of sp³-hybridized carbons (Fsp3) is 0.467. The van der Waals surface area contributed by atoms with Gasteiger partial charge in [0.15, 0.2) is 0 Å². The quantitative estimate of drug-likeness (QED) is 0.875. The zero-order chi connectivity index (χ0) is 17.5. The van der Waals surface area contributed by atoms with Crippen LogP contribution in [0.15, 0.2) is 24.3 Å². The molecular weight excluding hydrogens is 331 g/mol. The van der Waals surface area contributed by atoms with Crippen molar-refractivity contribution in [1.82, 2.24) is 0 Å². The van der Waals surface area contributed by atoms with Crippen molar-refractivity contribution in [3.05, 3.63) is 24.3 Å². The van der Waals surface area contributed by atoms with Gasteiger partial charge < -0.3 is 19.9 Å². The van der Waals surface area contributed by atoms with E-state index in [0.29, 0.717) is 12.8 Å². The number of carbonyl (C=O) groups is 2. The largest absolute Gasteiger partial charge is 0.573 e. The summed E-state index contributed by atoms with van der Waals surface area (Å²) in [4.78, 5) is 23.7. The summed E-state index contributed by atoms with van der Waals surface area (Å²) < 4.78 is 45.5. The van der Waals surface area contributed by atoms with Crippen molar-refractivity contribution < 1.29 is 37.3 Å². The van der Waals surface area contributed by atoms with Crippen molar-refractivity contribution in [1.29, 1.82) is 0 Å². The van der Waals surface area contributed by atoms with Gasteiger partial charge in [-0.05, 0) is 37.1 Å². The summed E-state index contributed by atoms with van der Waals surface area (Å²) in [5.41, 5.74) is 0.251. The predicted molar refractivity (Wildman–Crippen MR) is 74.3 cm³/mol. The second-order valence-corrected chi connectivity index (χ2v) is 5.74. The molecule has 0 aromatic heterocycles. The Morgan fingerprint density at radius 2 is 1.71 bits per heavy atom. The third kappa shape index (κ3) is 3.30. The van der Waals surface area contributed by atoms with E-state index < -0.39 is 48.0 Å². The van der Waals surface area contributed by atoms with E-state index in [4.69, 9.17) is 4.74 Å². The van der Waals surface area contributed by atoms with Crippen LogP contribution in [0.2, 0.25) is 0 Å². The molecule has 2 aliphatic rings. The molecule has 130 valence electrons. The van der Waals surface area contributed by atoms with Crippen LogP contribution in [0.1, 0.15) is 12.8 Å². The molecule has 4 atom stereocenters. The molecule has 2 saturated heterocycles. The molecule has 0 radical (unpaired) electrons. The summed E-state index contributed by atoms with van der Waals surface area (Å²) in [7, 11) is 0. The Bertz CT molecular complexity index is 646. The Hall–Kier alpha value is -2.29. The Balaban J connectivity index is 1.67. The first-order valence-corrected chi connectivity index (χ1v) is 7.29. The molecule has 6 nitrogen and oxygen atoms in total. The molecule has 24 heavy (non-hydrogen) atoms. The van der Waals surface area contributed by atoms with Crippen LogP contribution in [0.25, 0.3) is 0 Å². The summed E-state index contributed by atoms with van der Waals surface area (Å²) in [6, 6.07) is 4.63. The van der Waals surface area contributed by atoms with Crippen LogP contribution in [-0.2, 0) is 14.3 Å². The molecule has 1 amide bonds. The lowest BCUT2D eigenvalue weighted by molar-refractivity contribution is -0.274. The molecule has 0 spiro atoms. The highest BCUT2D eigenvalue weighted by Crippen LogP contribution is 2.44. The van der Waals surface area contributed by atoms with Gasteiger partial charge in [0.1, 0.15) is 5.75 Å². The minimum absolute atomic E-state index is 0.251. The molecular formula is C15H14F3NO5. The fourth-order valence-corrected chi connectivity index (χ4v) is 3.29. The number of fused-ring (bicyclic) bond motifs is 2. The van der Waals surface area contributed by atoms with Crippen molar-refractivity contribution in [3.63, 3.8) is 0 Å². The number of carbonyl (C=O) groups excluding carboxylic acids is 1. The van der Waals surface area contributed by atoms with Crippen molar-refractivity contribution in [2.24, 2.45) is 11.8 Å². The lowest BCUT2D eigenvalue weighted by Gasteiger charge is -2.23. The van der Waals surface area contributed by atoms with E-state index >= 15 is 0 Å². The van der Waals surface area contributed by atoms with Gasteiger partial charge in [-0.25, -0.2) is 0 Å². The van der Waals surface area contributed by atoms with Gasteiger partial charge in [0.25, 0.3) is 0 Å². The van der Waals surface area contributed by atoms with E-state index in [0.717, 1.165) is 12.1 Å². The van der Waals surface area contributed by atoms with Gasteiger partial charge in [-0.2, -0.15) is 0 Å². The zero-order valence-electron chi connectivity index (χ0n) is 12.2. The van der Waals surface area contributed by atoms with Crippen molar-refractivity contribution in [2.45, 2.75) is 31.4 Å². The molecule has 0 unspecified atom stereocenters. The summed E-state index contributed by atoms with van der Waals surface area (Å²) in [6.45, 7) is 0. The number of rotatable bonds is 4. The molecule has 1 aromatic rings. The fourth-order valence-electron chi connectivity index (χ4n) is 3.29. The number of nitrogens with one attached hydrogen (secondary N) is 1. The molecule has 0 saturated carbocycles. The van der Waals surface area contributed by atoms with E-state index in [9.17, 15) is 27.9 Å². The minimum atomic E-state index is -4.79. The summed E-state index contributed by atoms with van der Waals surface area (Å²) >= 11 is 0. The van der Waals surface area contributed by atoms with Gasteiger partial charge in [-0.3, -0.25) is 9.59 Å². The predicted octanol–water partition coefficient (Wildman–Crippen LogP) is 2.40. The van der Waals surface area contributed by atoms with Crippen LogP contribution >= 0.6 is 0 Å². The monoisotopic (exact) mass is 345 g/mol. The van der Waals surface area contributed by atoms with Crippen LogP contribution in [0.4, 0.5) is 18.9 Å². The first kappa shape index (κ1) is 16.6. The summed E-state index contributed by atoms with van der Waals surface area (Å²) in [6.07, 6.45) is -4.48. The SMILES string of the molecule is O=C(O)[C@@H]1[C@H](C(=O)Nc2ccc(OC(F)(F)F)cc2)[C@H]2CC[C@H]1O2. The number of carboxylic acids is 1. The van der Waals surface area contributed by atoms with E-state index in [2.05, 4.69) is 10.1 Å². The molecule has 2 bridgehead atoms. The molecule has 2 heterocycles. The minimum Gasteiger partial charge on any atom is -0.481 e. The van der Waals surface area contributed by atoms with Gasteiger partial charge in [0.05, 0.1) is 24.0 Å². The van der Waals surface area contributed by atoms with Crippen LogP contribution in [0.5, 0.6) is 5.75 Å². The third-order valence-electron chi connectivity index (χ3n) is 4.22. The van der Waals surface area contributed by atoms with Gasteiger partial charge in [0.2, 0.25) is 5.91 Å². The number of benzene rings is 1. The lowest BCUT2D eigenvalue weighted by Crippen LogP contribution is -2.40. The molecule has 2 aliphatic heterocycles. The summed E-state index contributed by atoms with van der Waals surface area (Å²) in [5.74, 6) is -3.73.